The molecule has 0 atom stereocenters. The van der Waals surface area contributed by atoms with Gasteiger partial charge in [-0.2, -0.15) is 0 Å². The topological polar surface area (TPSA) is 51.8 Å². The Balaban J connectivity index is 1.22. The van der Waals surface area contributed by atoms with Gasteiger partial charge in [-0.15, -0.1) is 0 Å². The third-order valence-electron chi connectivity index (χ3n) is 8.51. The van der Waals surface area contributed by atoms with Crippen molar-refractivity contribution in [2.24, 2.45) is 0 Å². The van der Waals surface area contributed by atoms with E-state index in [1.807, 2.05) is 60.7 Å². The highest BCUT2D eigenvalue weighted by Gasteiger charge is 2.16. The standard InChI is InChI=1S/C41H25N3O/c1-3-11-28(12-4-1)39-42-40(29-13-5-2-6-14-29)44-41(43-39)31-19-18-27-20-22-34-36-24-30(21-23-37(36)45-38(34)35(27)25-31)33-17-9-15-26-10-7-8-16-32(26)33/h1-25H. The summed E-state index contributed by atoms with van der Waals surface area (Å²) < 4.78 is 6.57. The van der Waals surface area contributed by atoms with Crippen molar-refractivity contribution in [1.29, 1.82) is 0 Å². The van der Waals surface area contributed by atoms with Crippen LogP contribution in [0, 0.1) is 0 Å². The number of rotatable bonds is 4. The Morgan fingerprint density at radius 3 is 1.69 bits per heavy atom. The molecule has 0 aliphatic heterocycles. The highest BCUT2D eigenvalue weighted by molar-refractivity contribution is 6.16. The van der Waals surface area contributed by atoms with E-state index < -0.39 is 0 Å². The summed E-state index contributed by atoms with van der Waals surface area (Å²) in [6.07, 6.45) is 0. The predicted molar refractivity (Wildman–Crippen MR) is 184 cm³/mol. The van der Waals surface area contributed by atoms with E-state index >= 15 is 0 Å². The molecule has 9 rings (SSSR count). The average Bonchev–Trinajstić information content (AvgIpc) is 3.50. The van der Waals surface area contributed by atoms with Gasteiger partial charge in [-0.25, -0.2) is 15.0 Å². The van der Waals surface area contributed by atoms with Gasteiger partial charge in [0, 0.05) is 32.8 Å². The van der Waals surface area contributed by atoms with Crippen LogP contribution >= 0.6 is 0 Å². The predicted octanol–water partition coefficient (Wildman–Crippen LogP) is 10.7. The van der Waals surface area contributed by atoms with E-state index in [0.29, 0.717) is 17.5 Å². The zero-order valence-corrected chi connectivity index (χ0v) is 24.2. The van der Waals surface area contributed by atoms with Crippen LogP contribution in [0.25, 0.3) is 88.8 Å². The van der Waals surface area contributed by atoms with Crippen molar-refractivity contribution in [3.05, 3.63) is 152 Å². The maximum atomic E-state index is 6.57. The van der Waals surface area contributed by atoms with Crippen molar-refractivity contribution in [3.63, 3.8) is 0 Å². The summed E-state index contributed by atoms with van der Waals surface area (Å²) in [6.45, 7) is 0. The second kappa shape index (κ2) is 10.2. The molecule has 45 heavy (non-hydrogen) atoms. The fourth-order valence-corrected chi connectivity index (χ4v) is 6.28. The molecular weight excluding hydrogens is 550 g/mol. The monoisotopic (exact) mass is 575 g/mol. The van der Waals surface area contributed by atoms with Crippen LogP contribution in [0.15, 0.2) is 156 Å². The molecular formula is C41H25N3O. The molecule has 0 N–H and O–H groups in total. The first-order valence-electron chi connectivity index (χ1n) is 15.0. The highest BCUT2D eigenvalue weighted by atomic mass is 16.3. The van der Waals surface area contributed by atoms with E-state index in [0.717, 1.165) is 49.4 Å². The number of hydrogen-bond acceptors (Lipinski definition) is 4. The fraction of sp³-hybridized carbons (Fsp3) is 0. The Bertz CT molecular complexity index is 2470. The van der Waals surface area contributed by atoms with Crippen LogP contribution in [0.2, 0.25) is 0 Å². The number of hydrogen-bond donors (Lipinski definition) is 0. The molecule has 2 aromatic heterocycles. The van der Waals surface area contributed by atoms with Gasteiger partial charge in [-0.05, 0) is 51.6 Å². The van der Waals surface area contributed by atoms with Gasteiger partial charge < -0.3 is 4.42 Å². The molecule has 9 aromatic rings. The maximum absolute atomic E-state index is 6.57. The molecule has 4 heteroatoms. The van der Waals surface area contributed by atoms with Crippen LogP contribution in [0.1, 0.15) is 0 Å². The summed E-state index contributed by atoms with van der Waals surface area (Å²) >= 11 is 0. The summed E-state index contributed by atoms with van der Waals surface area (Å²) in [5.74, 6) is 1.90. The zero-order chi connectivity index (χ0) is 29.7. The van der Waals surface area contributed by atoms with Crippen molar-refractivity contribution in [2.75, 3.05) is 0 Å². The van der Waals surface area contributed by atoms with Gasteiger partial charge >= 0.3 is 0 Å². The molecule has 4 nitrogen and oxygen atoms in total. The quantitative estimate of drug-likeness (QED) is 0.209. The summed E-state index contributed by atoms with van der Waals surface area (Å²) in [4.78, 5) is 14.7. The molecule has 0 amide bonds. The fourth-order valence-electron chi connectivity index (χ4n) is 6.28. The summed E-state index contributed by atoms with van der Waals surface area (Å²) in [7, 11) is 0. The van der Waals surface area contributed by atoms with Crippen molar-refractivity contribution in [3.8, 4) is 45.3 Å². The first-order chi connectivity index (χ1) is 22.3. The average molecular weight is 576 g/mol. The second-order valence-corrected chi connectivity index (χ2v) is 11.3. The number of furan rings is 1. The molecule has 210 valence electrons. The zero-order valence-electron chi connectivity index (χ0n) is 24.2. The van der Waals surface area contributed by atoms with Crippen molar-refractivity contribution in [2.45, 2.75) is 0 Å². The third-order valence-corrected chi connectivity index (χ3v) is 8.51. The molecule has 0 saturated heterocycles. The Hall–Kier alpha value is -6.13. The van der Waals surface area contributed by atoms with Crippen molar-refractivity contribution in [1.82, 2.24) is 15.0 Å². The summed E-state index contributed by atoms with van der Waals surface area (Å²) in [5.41, 5.74) is 6.91. The van der Waals surface area contributed by atoms with Crippen LogP contribution < -0.4 is 0 Å². The lowest BCUT2D eigenvalue weighted by atomic mass is 9.96. The van der Waals surface area contributed by atoms with Gasteiger partial charge in [0.25, 0.3) is 0 Å². The molecule has 0 aliphatic carbocycles. The van der Waals surface area contributed by atoms with Crippen LogP contribution in [-0.2, 0) is 0 Å². The summed E-state index contributed by atoms with van der Waals surface area (Å²) in [6, 6.07) is 52.3. The highest BCUT2D eigenvalue weighted by Crippen LogP contribution is 2.38. The Kier molecular flexibility index (Phi) is 5.78. The van der Waals surface area contributed by atoms with Crippen LogP contribution in [-0.4, -0.2) is 15.0 Å². The third kappa shape index (κ3) is 4.35. The molecule has 7 aromatic carbocycles. The first-order valence-corrected chi connectivity index (χ1v) is 15.0. The Morgan fingerprint density at radius 2 is 0.933 bits per heavy atom. The normalized spacial score (nSPS) is 11.6. The van der Waals surface area contributed by atoms with E-state index in [1.54, 1.807) is 0 Å². The molecule has 0 spiro atoms. The van der Waals surface area contributed by atoms with E-state index in [2.05, 4.69) is 91.0 Å². The minimum absolute atomic E-state index is 0.621. The van der Waals surface area contributed by atoms with Crippen molar-refractivity contribution < 1.29 is 4.42 Å². The van der Waals surface area contributed by atoms with Crippen LogP contribution in [0.5, 0.6) is 0 Å². The van der Waals surface area contributed by atoms with Gasteiger partial charge in [-0.3, -0.25) is 0 Å². The second-order valence-electron chi connectivity index (χ2n) is 11.3. The lowest BCUT2D eigenvalue weighted by Gasteiger charge is -2.09. The lowest BCUT2D eigenvalue weighted by molar-refractivity contribution is 0.672. The van der Waals surface area contributed by atoms with Gasteiger partial charge in [0.15, 0.2) is 17.5 Å². The number of aromatic nitrogens is 3. The molecule has 0 fully saturated rings. The van der Waals surface area contributed by atoms with Gasteiger partial charge in [-0.1, -0.05) is 127 Å². The molecule has 0 bridgehead atoms. The first kappa shape index (κ1) is 25.4. The lowest BCUT2D eigenvalue weighted by Crippen LogP contribution is -2.00. The SMILES string of the molecule is c1ccc(-c2nc(-c3ccccc3)nc(-c3ccc4ccc5c6cc(-c7cccc8ccccc78)ccc6oc5c4c3)n2)cc1. The molecule has 0 saturated carbocycles. The minimum atomic E-state index is 0.621. The number of benzene rings is 7. The van der Waals surface area contributed by atoms with Gasteiger partial charge in [0.2, 0.25) is 0 Å². The van der Waals surface area contributed by atoms with Crippen molar-refractivity contribution >= 4 is 43.5 Å². The van der Waals surface area contributed by atoms with E-state index in [-0.39, 0.29) is 0 Å². The Morgan fingerprint density at radius 1 is 0.356 bits per heavy atom. The summed E-state index contributed by atoms with van der Waals surface area (Å²) in [5, 5.41) is 6.78. The van der Waals surface area contributed by atoms with Crippen LogP contribution in [0.3, 0.4) is 0 Å². The van der Waals surface area contributed by atoms with Gasteiger partial charge in [0.1, 0.15) is 11.2 Å². The van der Waals surface area contributed by atoms with E-state index in [4.69, 9.17) is 19.4 Å². The van der Waals surface area contributed by atoms with E-state index in [1.165, 1.54) is 21.9 Å². The molecule has 0 unspecified atom stereocenters. The number of nitrogens with zero attached hydrogens (tertiary/aromatic N) is 3. The van der Waals surface area contributed by atoms with E-state index in [9.17, 15) is 0 Å². The largest absolute Gasteiger partial charge is 0.455 e. The van der Waals surface area contributed by atoms with Crippen LogP contribution in [0.4, 0.5) is 0 Å². The molecule has 2 heterocycles. The Labute approximate surface area is 259 Å². The molecule has 0 radical (unpaired) electrons. The number of fused-ring (bicyclic) bond motifs is 6. The molecule has 0 aliphatic rings. The van der Waals surface area contributed by atoms with Gasteiger partial charge in [0.05, 0.1) is 0 Å². The maximum Gasteiger partial charge on any atom is 0.164 e. The minimum Gasteiger partial charge on any atom is -0.455 e. The smallest absolute Gasteiger partial charge is 0.164 e.